The number of aromatic amines is 1. The number of benzene rings is 1. The Kier molecular flexibility index (Phi) is 5.38. The molecule has 110 valence electrons. The molecule has 0 saturated carbocycles. The lowest BCUT2D eigenvalue weighted by molar-refractivity contribution is 0.393. The molecule has 20 heavy (non-hydrogen) atoms. The number of hydrogen-bond donors (Lipinski definition) is 1. The van der Waals surface area contributed by atoms with Crippen molar-refractivity contribution in [2.45, 2.75) is 46.1 Å². The summed E-state index contributed by atoms with van der Waals surface area (Å²) in [7, 11) is 0. The summed E-state index contributed by atoms with van der Waals surface area (Å²) in [5, 5.41) is 0. The van der Waals surface area contributed by atoms with E-state index in [-0.39, 0.29) is 5.82 Å². The lowest BCUT2D eigenvalue weighted by atomic mass is 9.99. The van der Waals surface area contributed by atoms with Crippen molar-refractivity contribution in [3.05, 3.63) is 27.2 Å². The first-order valence-corrected chi connectivity index (χ1v) is 8.34. The quantitative estimate of drug-likeness (QED) is 0.645. The molecule has 1 aromatic heterocycles. The first kappa shape index (κ1) is 15.7. The van der Waals surface area contributed by atoms with Crippen LogP contribution >= 0.6 is 28.1 Å². The first-order chi connectivity index (χ1) is 9.56. The smallest absolute Gasteiger partial charge is 0.178 e. The molecule has 0 bridgehead atoms. The summed E-state index contributed by atoms with van der Waals surface area (Å²) in [5.74, 6) is 0.350. The van der Waals surface area contributed by atoms with E-state index in [0.717, 1.165) is 24.0 Å². The second-order valence-corrected chi connectivity index (χ2v) is 6.48. The standard InChI is InChI=1S/C15H20BrFN2S/c1-3-5-6-10(4-2)9-19-14-7-11(16)12(17)8-13(14)18-15(19)20/h7-8,10H,3-6,9H2,1-2H3,(H,18,20). The monoisotopic (exact) mass is 358 g/mol. The van der Waals surface area contributed by atoms with Crippen LogP contribution in [0.4, 0.5) is 4.39 Å². The normalized spacial score (nSPS) is 13.0. The predicted molar refractivity (Wildman–Crippen MR) is 88.1 cm³/mol. The van der Waals surface area contributed by atoms with Crippen LogP contribution in [0.2, 0.25) is 0 Å². The molecule has 1 heterocycles. The maximum Gasteiger partial charge on any atom is 0.178 e. The number of nitrogens with one attached hydrogen (secondary N) is 1. The van der Waals surface area contributed by atoms with Crippen molar-refractivity contribution in [3.8, 4) is 0 Å². The molecule has 2 rings (SSSR count). The number of fused-ring (bicyclic) bond motifs is 1. The zero-order valence-corrected chi connectivity index (χ0v) is 14.3. The van der Waals surface area contributed by atoms with Crippen LogP contribution in [0.3, 0.4) is 0 Å². The molecule has 0 fully saturated rings. The number of aromatic nitrogens is 2. The highest BCUT2D eigenvalue weighted by Crippen LogP contribution is 2.25. The lowest BCUT2D eigenvalue weighted by Crippen LogP contribution is -2.10. The van der Waals surface area contributed by atoms with Gasteiger partial charge in [0.2, 0.25) is 0 Å². The summed E-state index contributed by atoms with van der Waals surface area (Å²) in [5.41, 5.74) is 1.74. The van der Waals surface area contributed by atoms with Gasteiger partial charge in [-0.15, -0.1) is 0 Å². The molecule has 1 unspecified atom stereocenters. The molecule has 1 N–H and O–H groups in total. The van der Waals surface area contributed by atoms with Gasteiger partial charge in [0.05, 0.1) is 15.5 Å². The number of halogens is 2. The molecule has 0 aliphatic rings. The van der Waals surface area contributed by atoms with E-state index in [0.29, 0.717) is 15.2 Å². The zero-order valence-electron chi connectivity index (χ0n) is 11.9. The van der Waals surface area contributed by atoms with Crippen LogP contribution in [0, 0.1) is 16.5 Å². The molecular weight excluding hydrogens is 339 g/mol. The first-order valence-electron chi connectivity index (χ1n) is 7.14. The summed E-state index contributed by atoms with van der Waals surface area (Å²) >= 11 is 8.64. The van der Waals surface area contributed by atoms with E-state index in [9.17, 15) is 4.39 Å². The van der Waals surface area contributed by atoms with Gasteiger partial charge >= 0.3 is 0 Å². The van der Waals surface area contributed by atoms with E-state index in [2.05, 4.69) is 39.3 Å². The highest BCUT2D eigenvalue weighted by atomic mass is 79.9. The van der Waals surface area contributed by atoms with Gasteiger partial charge in [-0.3, -0.25) is 0 Å². The fourth-order valence-electron chi connectivity index (χ4n) is 2.51. The Hall–Kier alpha value is -0.680. The highest BCUT2D eigenvalue weighted by Gasteiger charge is 2.13. The molecule has 2 aromatic rings. The van der Waals surface area contributed by atoms with Gasteiger partial charge in [0.25, 0.3) is 0 Å². The summed E-state index contributed by atoms with van der Waals surface area (Å²) in [6, 6.07) is 3.31. The Balaban J connectivity index is 2.36. The molecule has 1 aromatic carbocycles. The molecule has 0 aliphatic heterocycles. The van der Waals surface area contributed by atoms with Gasteiger partial charge in [-0.2, -0.15) is 0 Å². The van der Waals surface area contributed by atoms with Crippen molar-refractivity contribution in [2.24, 2.45) is 5.92 Å². The van der Waals surface area contributed by atoms with Gasteiger partial charge in [0.1, 0.15) is 5.82 Å². The van der Waals surface area contributed by atoms with Crippen LogP contribution in [0.15, 0.2) is 16.6 Å². The Morgan fingerprint density at radius 3 is 2.80 bits per heavy atom. The van der Waals surface area contributed by atoms with Crippen molar-refractivity contribution in [3.63, 3.8) is 0 Å². The van der Waals surface area contributed by atoms with Crippen molar-refractivity contribution in [1.82, 2.24) is 9.55 Å². The van der Waals surface area contributed by atoms with E-state index < -0.39 is 0 Å². The number of H-pyrrole nitrogens is 1. The second-order valence-electron chi connectivity index (χ2n) is 5.24. The van der Waals surface area contributed by atoms with E-state index in [4.69, 9.17) is 12.2 Å². The van der Waals surface area contributed by atoms with Crippen molar-refractivity contribution in [1.29, 1.82) is 0 Å². The summed E-state index contributed by atoms with van der Waals surface area (Å²) in [4.78, 5) is 3.10. The Morgan fingerprint density at radius 1 is 1.40 bits per heavy atom. The van der Waals surface area contributed by atoms with E-state index in [1.807, 2.05) is 6.07 Å². The van der Waals surface area contributed by atoms with Gasteiger partial charge in [-0.05, 0) is 46.6 Å². The van der Waals surface area contributed by atoms with Crippen molar-refractivity contribution < 1.29 is 4.39 Å². The molecule has 0 saturated heterocycles. The number of unbranched alkanes of at least 4 members (excludes halogenated alkanes) is 1. The molecule has 0 radical (unpaired) electrons. The lowest BCUT2D eigenvalue weighted by Gasteiger charge is -2.15. The third-order valence-electron chi connectivity index (χ3n) is 3.80. The zero-order chi connectivity index (χ0) is 14.7. The van der Waals surface area contributed by atoms with Gasteiger partial charge in [0, 0.05) is 12.6 Å². The van der Waals surface area contributed by atoms with Crippen LogP contribution in [0.5, 0.6) is 0 Å². The Labute approximate surface area is 132 Å². The van der Waals surface area contributed by atoms with Crippen molar-refractivity contribution >= 4 is 39.2 Å². The van der Waals surface area contributed by atoms with Gasteiger partial charge < -0.3 is 9.55 Å². The molecule has 0 amide bonds. The average Bonchev–Trinajstić information content (AvgIpc) is 2.71. The largest absolute Gasteiger partial charge is 0.330 e. The molecule has 2 nitrogen and oxygen atoms in total. The minimum absolute atomic E-state index is 0.265. The minimum Gasteiger partial charge on any atom is -0.330 e. The third kappa shape index (κ3) is 3.31. The maximum atomic E-state index is 13.6. The fourth-order valence-corrected chi connectivity index (χ4v) is 3.12. The van der Waals surface area contributed by atoms with Gasteiger partial charge in [0.15, 0.2) is 4.77 Å². The van der Waals surface area contributed by atoms with E-state index >= 15 is 0 Å². The molecular formula is C15H20BrFN2S. The van der Waals surface area contributed by atoms with Crippen molar-refractivity contribution in [2.75, 3.05) is 0 Å². The van der Waals surface area contributed by atoms with Crippen LogP contribution in [-0.2, 0) is 6.54 Å². The van der Waals surface area contributed by atoms with Gasteiger partial charge in [-0.1, -0.05) is 33.1 Å². The van der Waals surface area contributed by atoms with Crippen LogP contribution in [0.1, 0.15) is 39.5 Å². The van der Waals surface area contributed by atoms with E-state index in [1.165, 1.54) is 25.3 Å². The third-order valence-corrected chi connectivity index (χ3v) is 4.73. The molecule has 1 atom stereocenters. The van der Waals surface area contributed by atoms with E-state index in [1.54, 1.807) is 0 Å². The predicted octanol–water partition coefficient (Wildman–Crippen LogP) is 5.82. The number of nitrogens with zero attached hydrogens (tertiary/aromatic N) is 1. The number of hydrogen-bond acceptors (Lipinski definition) is 1. The number of imidazole rings is 1. The molecule has 0 aliphatic carbocycles. The molecule has 5 heteroatoms. The fraction of sp³-hybridized carbons (Fsp3) is 0.533. The minimum atomic E-state index is -0.265. The van der Waals surface area contributed by atoms with Gasteiger partial charge in [-0.25, -0.2) is 4.39 Å². The van der Waals surface area contributed by atoms with Crippen LogP contribution in [-0.4, -0.2) is 9.55 Å². The molecule has 0 spiro atoms. The Bertz CT molecular complexity index is 647. The highest BCUT2D eigenvalue weighted by molar-refractivity contribution is 9.10. The van der Waals surface area contributed by atoms with Crippen LogP contribution < -0.4 is 0 Å². The Morgan fingerprint density at radius 2 is 2.15 bits per heavy atom. The SMILES string of the molecule is CCCCC(CC)Cn1c(=S)[nH]c2cc(F)c(Br)cc21. The second kappa shape index (κ2) is 6.85. The average molecular weight is 359 g/mol. The van der Waals surface area contributed by atoms with Crippen LogP contribution in [0.25, 0.3) is 11.0 Å². The topological polar surface area (TPSA) is 20.7 Å². The summed E-state index contributed by atoms with van der Waals surface area (Å²) in [6.07, 6.45) is 4.81. The number of rotatable bonds is 6. The summed E-state index contributed by atoms with van der Waals surface area (Å²) < 4.78 is 16.8. The summed E-state index contributed by atoms with van der Waals surface area (Å²) in [6.45, 7) is 5.33. The maximum absolute atomic E-state index is 13.6.